The fraction of sp³-hybridized carbons (Fsp3) is 0.588. The summed E-state index contributed by atoms with van der Waals surface area (Å²) in [6.07, 6.45) is 2.19. The van der Waals surface area contributed by atoms with Crippen LogP contribution in [-0.4, -0.2) is 32.8 Å². The highest BCUT2D eigenvalue weighted by atomic mass is 16.5. The molecule has 0 spiro atoms. The number of amides is 2. The third-order valence-corrected chi connectivity index (χ3v) is 4.04. The third-order valence-electron chi connectivity index (χ3n) is 4.04. The van der Waals surface area contributed by atoms with E-state index in [0.29, 0.717) is 30.0 Å². The largest absolute Gasteiger partial charge is 0.493 e. The summed E-state index contributed by atoms with van der Waals surface area (Å²) in [4.78, 5) is 11.8. The molecule has 2 rings (SSSR count). The van der Waals surface area contributed by atoms with E-state index in [2.05, 4.69) is 24.5 Å². The quantitative estimate of drug-likeness (QED) is 0.814. The molecule has 1 aromatic carbocycles. The minimum Gasteiger partial charge on any atom is -0.493 e. The van der Waals surface area contributed by atoms with Crippen molar-refractivity contribution in [2.45, 2.75) is 38.6 Å². The van der Waals surface area contributed by atoms with Gasteiger partial charge in [0, 0.05) is 18.5 Å². The summed E-state index contributed by atoms with van der Waals surface area (Å²) in [6.45, 7) is 4.91. The molecule has 1 aliphatic carbocycles. The molecule has 1 atom stereocenters. The maximum atomic E-state index is 11.8. The number of carbonyl (C=O) groups excluding carboxylic acids is 1. The Hall–Kier alpha value is -1.91. The molecule has 0 radical (unpaired) electrons. The van der Waals surface area contributed by atoms with Gasteiger partial charge in [-0.3, -0.25) is 0 Å². The minimum atomic E-state index is -0.0753. The Morgan fingerprint density at radius 3 is 2.45 bits per heavy atom. The number of benzene rings is 1. The van der Waals surface area contributed by atoms with Crippen molar-refractivity contribution in [3.8, 4) is 11.5 Å². The summed E-state index contributed by atoms with van der Waals surface area (Å²) < 4.78 is 10.6. The molecule has 0 aromatic heterocycles. The summed E-state index contributed by atoms with van der Waals surface area (Å²) in [7, 11) is 3.26. The maximum Gasteiger partial charge on any atom is 0.315 e. The van der Waals surface area contributed by atoms with Crippen LogP contribution in [0.5, 0.6) is 11.5 Å². The number of ether oxygens (including phenoxy) is 2. The standard InChI is InChI=1S/C17H26N2O3/c1-11(2)14(10-18-17(20)19-13-6-7-13)12-5-8-15(21-3)16(9-12)22-4/h5,8-9,11,13-14H,6-7,10H2,1-4H3,(H2,18,19,20). The first-order valence-electron chi connectivity index (χ1n) is 7.81. The molecule has 22 heavy (non-hydrogen) atoms. The first-order chi connectivity index (χ1) is 10.5. The third kappa shape index (κ3) is 4.29. The van der Waals surface area contributed by atoms with Crippen LogP contribution in [0.2, 0.25) is 0 Å². The van der Waals surface area contributed by atoms with E-state index in [1.807, 2.05) is 18.2 Å². The lowest BCUT2D eigenvalue weighted by molar-refractivity contribution is 0.239. The molecule has 1 fully saturated rings. The molecule has 1 aliphatic rings. The van der Waals surface area contributed by atoms with Crippen LogP contribution in [0.3, 0.4) is 0 Å². The summed E-state index contributed by atoms with van der Waals surface area (Å²) in [5.41, 5.74) is 1.14. The van der Waals surface area contributed by atoms with Gasteiger partial charge in [0.15, 0.2) is 11.5 Å². The van der Waals surface area contributed by atoms with Crippen molar-refractivity contribution in [3.05, 3.63) is 23.8 Å². The number of methoxy groups -OCH3 is 2. The average molecular weight is 306 g/mol. The van der Waals surface area contributed by atoms with Crippen LogP contribution in [0.4, 0.5) is 4.79 Å². The molecular weight excluding hydrogens is 280 g/mol. The molecule has 5 nitrogen and oxygen atoms in total. The highest BCUT2D eigenvalue weighted by Crippen LogP contribution is 2.33. The Morgan fingerprint density at radius 1 is 1.23 bits per heavy atom. The second kappa shape index (κ2) is 7.38. The van der Waals surface area contributed by atoms with Gasteiger partial charge in [-0.05, 0) is 36.5 Å². The summed E-state index contributed by atoms with van der Waals surface area (Å²) in [5, 5.41) is 5.92. The number of hydrogen-bond donors (Lipinski definition) is 2. The van der Waals surface area contributed by atoms with Gasteiger partial charge in [-0.2, -0.15) is 0 Å². The predicted octanol–water partition coefficient (Wildman–Crippen LogP) is 2.91. The van der Waals surface area contributed by atoms with E-state index in [1.54, 1.807) is 14.2 Å². The van der Waals surface area contributed by atoms with Gasteiger partial charge in [0.05, 0.1) is 14.2 Å². The van der Waals surface area contributed by atoms with E-state index in [0.717, 1.165) is 18.4 Å². The molecule has 0 bridgehead atoms. The van der Waals surface area contributed by atoms with Gasteiger partial charge in [0.25, 0.3) is 0 Å². The Labute approximate surface area is 132 Å². The van der Waals surface area contributed by atoms with Crippen molar-refractivity contribution in [2.24, 2.45) is 5.92 Å². The van der Waals surface area contributed by atoms with Gasteiger partial charge < -0.3 is 20.1 Å². The highest BCUT2D eigenvalue weighted by molar-refractivity contribution is 5.74. The molecule has 0 saturated heterocycles. The van der Waals surface area contributed by atoms with Crippen LogP contribution in [0.25, 0.3) is 0 Å². The van der Waals surface area contributed by atoms with Gasteiger partial charge in [0.2, 0.25) is 0 Å². The Bertz CT molecular complexity index is 513. The van der Waals surface area contributed by atoms with E-state index < -0.39 is 0 Å². The first kappa shape index (κ1) is 16.5. The lowest BCUT2D eigenvalue weighted by Gasteiger charge is -2.23. The van der Waals surface area contributed by atoms with Crippen molar-refractivity contribution < 1.29 is 14.3 Å². The van der Waals surface area contributed by atoms with Gasteiger partial charge in [-0.1, -0.05) is 19.9 Å². The second-order valence-corrected chi connectivity index (χ2v) is 6.09. The van der Waals surface area contributed by atoms with E-state index >= 15 is 0 Å². The summed E-state index contributed by atoms with van der Waals surface area (Å²) >= 11 is 0. The van der Waals surface area contributed by atoms with Crippen LogP contribution in [0.1, 0.15) is 38.2 Å². The zero-order valence-electron chi connectivity index (χ0n) is 13.8. The van der Waals surface area contributed by atoms with E-state index in [4.69, 9.17) is 9.47 Å². The molecule has 1 aromatic rings. The van der Waals surface area contributed by atoms with Crippen LogP contribution >= 0.6 is 0 Å². The second-order valence-electron chi connectivity index (χ2n) is 6.09. The monoisotopic (exact) mass is 306 g/mol. The van der Waals surface area contributed by atoms with Crippen molar-refractivity contribution in [1.82, 2.24) is 10.6 Å². The van der Waals surface area contributed by atoms with Crippen LogP contribution in [0.15, 0.2) is 18.2 Å². The van der Waals surface area contributed by atoms with E-state index in [9.17, 15) is 4.79 Å². The number of urea groups is 1. The number of carbonyl (C=O) groups is 1. The number of nitrogens with one attached hydrogen (secondary N) is 2. The van der Waals surface area contributed by atoms with E-state index in [-0.39, 0.29) is 11.9 Å². The van der Waals surface area contributed by atoms with Crippen molar-refractivity contribution in [3.63, 3.8) is 0 Å². The predicted molar refractivity (Wildman–Crippen MR) is 86.7 cm³/mol. The Morgan fingerprint density at radius 2 is 1.91 bits per heavy atom. The normalized spacial score (nSPS) is 15.3. The summed E-state index contributed by atoms with van der Waals surface area (Å²) in [6, 6.07) is 6.23. The maximum absolute atomic E-state index is 11.8. The molecule has 122 valence electrons. The molecule has 1 saturated carbocycles. The van der Waals surface area contributed by atoms with Crippen molar-refractivity contribution >= 4 is 6.03 Å². The molecule has 1 unspecified atom stereocenters. The van der Waals surface area contributed by atoms with Gasteiger partial charge in [-0.15, -0.1) is 0 Å². The zero-order valence-corrected chi connectivity index (χ0v) is 13.8. The number of hydrogen-bond acceptors (Lipinski definition) is 3. The van der Waals surface area contributed by atoms with Crippen LogP contribution in [0, 0.1) is 5.92 Å². The van der Waals surface area contributed by atoms with Gasteiger partial charge >= 0.3 is 6.03 Å². The average Bonchev–Trinajstić information content (AvgIpc) is 3.30. The van der Waals surface area contributed by atoms with Gasteiger partial charge in [-0.25, -0.2) is 4.79 Å². The highest BCUT2D eigenvalue weighted by Gasteiger charge is 2.24. The van der Waals surface area contributed by atoms with Crippen LogP contribution in [-0.2, 0) is 0 Å². The number of rotatable bonds is 7. The van der Waals surface area contributed by atoms with E-state index in [1.165, 1.54) is 0 Å². The Kier molecular flexibility index (Phi) is 5.52. The molecule has 2 N–H and O–H groups in total. The molecule has 5 heteroatoms. The fourth-order valence-corrected chi connectivity index (χ4v) is 2.49. The summed E-state index contributed by atoms with van der Waals surface area (Å²) in [5.74, 6) is 2.06. The molecule has 0 aliphatic heterocycles. The molecule has 0 heterocycles. The lowest BCUT2D eigenvalue weighted by atomic mass is 9.88. The van der Waals surface area contributed by atoms with Gasteiger partial charge in [0.1, 0.15) is 0 Å². The first-order valence-corrected chi connectivity index (χ1v) is 7.81. The van der Waals surface area contributed by atoms with Crippen LogP contribution < -0.4 is 20.1 Å². The minimum absolute atomic E-state index is 0.0753. The molecular formula is C17H26N2O3. The lowest BCUT2D eigenvalue weighted by Crippen LogP contribution is -2.39. The van der Waals surface area contributed by atoms with Crippen molar-refractivity contribution in [2.75, 3.05) is 20.8 Å². The smallest absolute Gasteiger partial charge is 0.315 e. The zero-order chi connectivity index (χ0) is 16.1. The fourth-order valence-electron chi connectivity index (χ4n) is 2.49. The topological polar surface area (TPSA) is 59.6 Å². The Balaban J connectivity index is 2.04. The van der Waals surface area contributed by atoms with Crippen molar-refractivity contribution in [1.29, 1.82) is 0 Å². The SMILES string of the molecule is COc1ccc(C(CNC(=O)NC2CC2)C(C)C)cc1OC. The molecule has 2 amide bonds.